The summed E-state index contributed by atoms with van der Waals surface area (Å²) in [5.41, 5.74) is 0.113. The molecule has 0 aliphatic rings. The number of rotatable bonds is 4. The van der Waals surface area contributed by atoms with Crippen LogP contribution in [0.3, 0.4) is 0 Å². The molecule has 98 valence electrons. The molecule has 19 heavy (non-hydrogen) atoms. The van der Waals surface area contributed by atoms with Crippen molar-refractivity contribution in [2.75, 3.05) is 0 Å². The van der Waals surface area contributed by atoms with Crippen LogP contribution in [0.1, 0.15) is 24.3 Å². The monoisotopic (exact) mass is 276 g/mol. The van der Waals surface area contributed by atoms with E-state index in [0.29, 0.717) is 5.76 Å². The van der Waals surface area contributed by atoms with E-state index < -0.39 is 16.1 Å². The number of furan rings is 1. The Morgan fingerprint density at radius 1 is 1.26 bits per heavy atom. The molecule has 0 saturated heterocycles. The lowest BCUT2D eigenvalue weighted by molar-refractivity contribution is 0.459. The van der Waals surface area contributed by atoms with Crippen LogP contribution < -0.4 is 4.72 Å². The predicted molar refractivity (Wildman–Crippen MR) is 68.6 cm³/mol. The second-order valence-corrected chi connectivity index (χ2v) is 5.65. The highest BCUT2D eigenvalue weighted by Crippen LogP contribution is 2.19. The summed E-state index contributed by atoms with van der Waals surface area (Å²) in [6.45, 7) is 1.67. The lowest BCUT2D eigenvalue weighted by Crippen LogP contribution is -2.27. The van der Waals surface area contributed by atoms with Crippen LogP contribution in [-0.2, 0) is 10.0 Å². The Balaban J connectivity index is 2.31. The molecule has 0 unspecified atom stereocenters. The highest BCUT2D eigenvalue weighted by atomic mass is 32.2. The first-order valence-corrected chi connectivity index (χ1v) is 7.08. The summed E-state index contributed by atoms with van der Waals surface area (Å²) >= 11 is 0. The molecular weight excluding hydrogens is 264 g/mol. The molecule has 0 aliphatic heterocycles. The summed E-state index contributed by atoms with van der Waals surface area (Å²) in [7, 11) is -3.76. The molecule has 1 aromatic heterocycles. The van der Waals surface area contributed by atoms with Gasteiger partial charge in [-0.05, 0) is 31.2 Å². The van der Waals surface area contributed by atoms with Gasteiger partial charge in [-0.25, -0.2) is 13.1 Å². The summed E-state index contributed by atoms with van der Waals surface area (Å²) in [5.74, 6) is 0.512. The molecule has 0 radical (unpaired) electrons. The quantitative estimate of drug-likeness (QED) is 0.927. The van der Waals surface area contributed by atoms with E-state index in [0.717, 1.165) is 0 Å². The molecular formula is C13H12N2O3S. The maximum Gasteiger partial charge on any atom is 0.242 e. The maximum atomic E-state index is 12.2. The molecule has 0 spiro atoms. The maximum absolute atomic E-state index is 12.2. The van der Waals surface area contributed by atoms with Gasteiger partial charge in [0.25, 0.3) is 0 Å². The van der Waals surface area contributed by atoms with E-state index in [9.17, 15) is 8.42 Å². The van der Waals surface area contributed by atoms with Gasteiger partial charge < -0.3 is 4.42 Å². The van der Waals surface area contributed by atoms with Gasteiger partial charge >= 0.3 is 0 Å². The fourth-order valence-electron chi connectivity index (χ4n) is 1.69. The summed E-state index contributed by atoms with van der Waals surface area (Å²) < 4.78 is 32.0. The van der Waals surface area contributed by atoms with Gasteiger partial charge in [-0.1, -0.05) is 12.1 Å². The molecule has 0 amide bonds. The summed E-state index contributed by atoms with van der Waals surface area (Å²) in [6.07, 6.45) is 1.48. The van der Waals surface area contributed by atoms with Crippen LogP contribution >= 0.6 is 0 Å². The number of hydrogen-bond donors (Lipinski definition) is 1. The van der Waals surface area contributed by atoms with E-state index in [-0.39, 0.29) is 10.5 Å². The van der Waals surface area contributed by atoms with Crippen molar-refractivity contribution in [3.63, 3.8) is 0 Å². The van der Waals surface area contributed by atoms with Gasteiger partial charge in [-0.2, -0.15) is 5.26 Å². The second-order valence-electron chi connectivity index (χ2n) is 3.97. The lowest BCUT2D eigenvalue weighted by Gasteiger charge is -2.12. The molecule has 1 aromatic carbocycles. The lowest BCUT2D eigenvalue weighted by atomic mass is 10.2. The highest BCUT2D eigenvalue weighted by Gasteiger charge is 2.22. The van der Waals surface area contributed by atoms with Crippen molar-refractivity contribution in [1.82, 2.24) is 4.72 Å². The Hall–Kier alpha value is -2.10. The number of benzene rings is 1. The molecule has 0 bridgehead atoms. The van der Waals surface area contributed by atoms with E-state index >= 15 is 0 Å². The molecule has 6 heteroatoms. The van der Waals surface area contributed by atoms with E-state index in [2.05, 4.69) is 4.72 Å². The fourth-order valence-corrected chi connectivity index (χ4v) is 3.05. The minimum absolute atomic E-state index is 0.0316. The Morgan fingerprint density at radius 2 is 2.00 bits per heavy atom. The van der Waals surface area contributed by atoms with Crippen LogP contribution in [0.2, 0.25) is 0 Å². The fraction of sp³-hybridized carbons (Fsp3) is 0.154. The molecule has 1 N–H and O–H groups in total. The van der Waals surface area contributed by atoms with Gasteiger partial charge in [0, 0.05) is 0 Å². The van der Waals surface area contributed by atoms with E-state index in [1.807, 2.05) is 6.07 Å². The van der Waals surface area contributed by atoms with Crippen molar-refractivity contribution < 1.29 is 12.8 Å². The van der Waals surface area contributed by atoms with Gasteiger partial charge in [-0.3, -0.25) is 0 Å². The van der Waals surface area contributed by atoms with Gasteiger partial charge in [0.1, 0.15) is 11.8 Å². The van der Waals surface area contributed by atoms with Gasteiger partial charge in [0.05, 0.1) is 22.8 Å². The van der Waals surface area contributed by atoms with Gasteiger partial charge in [0.15, 0.2) is 0 Å². The number of nitrogens with one attached hydrogen (secondary N) is 1. The minimum atomic E-state index is -3.76. The standard InChI is InChI=1S/C13H12N2O3S/c1-10(12-6-4-8-18-12)15-19(16,17)13-7-3-2-5-11(13)9-14/h2-8,10,15H,1H3/t10-/m1/s1. The third-order valence-electron chi connectivity index (χ3n) is 2.60. The zero-order valence-corrected chi connectivity index (χ0v) is 11.0. The zero-order valence-electron chi connectivity index (χ0n) is 10.2. The third-order valence-corrected chi connectivity index (χ3v) is 4.20. The van der Waals surface area contributed by atoms with E-state index in [1.165, 1.54) is 18.4 Å². The van der Waals surface area contributed by atoms with Gasteiger partial charge in [0.2, 0.25) is 10.0 Å². The third kappa shape index (κ3) is 2.84. The summed E-state index contributed by atoms with van der Waals surface area (Å²) in [5, 5.41) is 8.94. The number of nitriles is 1. The Bertz CT molecular complexity index is 700. The molecule has 0 fully saturated rings. The highest BCUT2D eigenvalue weighted by molar-refractivity contribution is 7.89. The Labute approximate surface area is 111 Å². The van der Waals surface area contributed by atoms with E-state index in [1.54, 1.807) is 31.2 Å². The summed E-state index contributed by atoms with van der Waals surface area (Å²) in [6, 6.07) is 10.8. The number of sulfonamides is 1. The van der Waals surface area contributed by atoms with E-state index in [4.69, 9.17) is 9.68 Å². The van der Waals surface area contributed by atoms with Crippen molar-refractivity contribution in [3.05, 3.63) is 54.0 Å². The SMILES string of the molecule is C[C@@H](NS(=O)(=O)c1ccccc1C#N)c1ccco1. The first kappa shape index (κ1) is 13.3. The minimum Gasteiger partial charge on any atom is -0.468 e. The molecule has 2 rings (SSSR count). The Kier molecular flexibility index (Phi) is 3.69. The molecule has 1 atom stereocenters. The van der Waals surface area contributed by atoms with Crippen LogP contribution in [0.15, 0.2) is 52.0 Å². The Morgan fingerprint density at radius 3 is 2.63 bits per heavy atom. The predicted octanol–water partition coefficient (Wildman–Crippen LogP) is 2.19. The van der Waals surface area contributed by atoms with Crippen LogP contribution in [0, 0.1) is 11.3 Å². The molecule has 1 heterocycles. The van der Waals surface area contributed by atoms with Crippen molar-refractivity contribution in [1.29, 1.82) is 5.26 Å². The first-order valence-electron chi connectivity index (χ1n) is 5.59. The average molecular weight is 276 g/mol. The van der Waals surface area contributed by atoms with Crippen molar-refractivity contribution in [2.24, 2.45) is 0 Å². The normalized spacial score (nSPS) is 12.8. The van der Waals surface area contributed by atoms with Crippen molar-refractivity contribution in [3.8, 4) is 6.07 Å². The molecule has 2 aromatic rings. The molecule has 0 aliphatic carbocycles. The average Bonchev–Trinajstić information content (AvgIpc) is 2.92. The van der Waals surface area contributed by atoms with Crippen LogP contribution in [-0.4, -0.2) is 8.42 Å². The van der Waals surface area contributed by atoms with Crippen molar-refractivity contribution in [2.45, 2.75) is 17.9 Å². The number of nitrogens with zero attached hydrogens (tertiary/aromatic N) is 1. The van der Waals surface area contributed by atoms with Crippen LogP contribution in [0.25, 0.3) is 0 Å². The molecule has 0 saturated carbocycles. The largest absolute Gasteiger partial charge is 0.468 e. The molecule has 5 nitrogen and oxygen atoms in total. The zero-order chi connectivity index (χ0) is 13.9. The number of hydrogen-bond acceptors (Lipinski definition) is 4. The van der Waals surface area contributed by atoms with Crippen LogP contribution in [0.4, 0.5) is 0 Å². The summed E-state index contributed by atoms with van der Waals surface area (Å²) in [4.78, 5) is -0.0316. The van der Waals surface area contributed by atoms with Crippen molar-refractivity contribution >= 4 is 10.0 Å². The topological polar surface area (TPSA) is 83.1 Å². The smallest absolute Gasteiger partial charge is 0.242 e. The first-order chi connectivity index (χ1) is 9.04. The van der Waals surface area contributed by atoms with Crippen LogP contribution in [0.5, 0.6) is 0 Å². The second kappa shape index (κ2) is 5.26. The van der Waals surface area contributed by atoms with Gasteiger partial charge in [-0.15, -0.1) is 0 Å².